The lowest BCUT2D eigenvalue weighted by atomic mass is 9.85. The third kappa shape index (κ3) is 1.59. The average molecular weight is 242 g/mol. The van der Waals surface area contributed by atoms with Crippen LogP contribution in [-0.2, 0) is 19.9 Å². The zero-order valence-corrected chi connectivity index (χ0v) is 11.4. The van der Waals surface area contributed by atoms with E-state index in [-0.39, 0.29) is 0 Å². The molecule has 2 aromatic rings. The van der Waals surface area contributed by atoms with Crippen molar-refractivity contribution in [2.45, 2.75) is 38.5 Å². The molecule has 0 radical (unpaired) electrons. The van der Waals surface area contributed by atoms with E-state index in [2.05, 4.69) is 36.7 Å². The molecule has 18 heavy (non-hydrogen) atoms. The van der Waals surface area contributed by atoms with E-state index < -0.39 is 0 Å². The van der Waals surface area contributed by atoms with Gasteiger partial charge in [-0.05, 0) is 61.4 Å². The highest BCUT2D eigenvalue weighted by atomic mass is 15.0. The molecule has 3 rings (SSSR count). The van der Waals surface area contributed by atoms with Crippen LogP contribution in [0.15, 0.2) is 18.2 Å². The summed E-state index contributed by atoms with van der Waals surface area (Å²) in [4.78, 5) is 0. The number of fused-ring (bicyclic) bond motifs is 3. The SMILES string of the molecule is CCc1ccc2c(c1)c1c(n2C)CCCC1CN. The van der Waals surface area contributed by atoms with Crippen LogP contribution in [0.2, 0.25) is 0 Å². The van der Waals surface area contributed by atoms with Gasteiger partial charge in [0, 0.05) is 23.6 Å². The van der Waals surface area contributed by atoms with Crippen LogP contribution in [-0.4, -0.2) is 11.1 Å². The maximum atomic E-state index is 5.98. The monoisotopic (exact) mass is 242 g/mol. The molecule has 1 atom stereocenters. The first-order valence-corrected chi connectivity index (χ1v) is 7.06. The fraction of sp³-hybridized carbons (Fsp3) is 0.500. The van der Waals surface area contributed by atoms with E-state index >= 15 is 0 Å². The normalized spacial score (nSPS) is 19.2. The fourth-order valence-electron chi connectivity index (χ4n) is 3.45. The van der Waals surface area contributed by atoms with Crippen molar-refractivity contribution in [3.63, 3.8) is 0 Å². The van der Waals surface area contributed by atoms with Crippen LogP contribution >= 0.6 is 0 Å². The van der Waals surface area contributed by atoms with Gasteiger partial charge in [-0.1, -0.05) is 13.0 Å². The number of nitrogens with zero attached hydrogens (tertiary/aromatic N) is 1. The Morgan fingerprint density at radius 2 is 2.22 bits per heavy atom. The first-order valence-electron chi connectivity index (χ1n) is 7.06. The third-order valence-electron chi connectivity index (χ3n) is 4.50. The Bertz CT molecular complexity index is 580. The highest BCUT2D eigenvalue weighted by Crippen LogP contribution is 2.38. The van der Waals surface area contributed by atoms with Gasteiger partial charge in [0.1, 0.15) is 0 Å². The second-order valence-electron chi connectivity index (χ2n) is 5.45. The molecule has 0 bridgehead atoms. The second-order valence-corrected chi connectivity index (χ2v) is 5.45. The minimum atomic E-state index is 0.560. The predicted molar refractivity (Wildman–Crippen MR) is 77.0 cm³/mol. The molecule has 0 spiro atoms. The molecular weight excluding hydrogens is 220 g/mol. The van der Waals surface area contributed by atoms with Crippen LogP contribution in [0.25, 0.3) is 10.9 Å². The zero-order chi connectivity index (χ0) is 12.7. The van der Waals surface area contributed by atoms with Crippen molar-refractivity contribution in [3.05, 3.63) is 35.0 Å². The topological polar surface area (TPSA) is 30.9 Å². The van der Waals surface area contributed by atoms with Crippen LogP contribution in [0.5, 0.6) is 0 Å². The summed E-state index contributed by atoms with van der Waals surface area (Å²) in [5.41, 5.74) is 11.8. The summed E-state index contributed by atoms with van der Waals surface area (Å²) in [5, 5.41) is 1.45. The van der Waals surface area contributed by atoms with E-state index in [9.17, 15) is 0 Å². The number of aryl methyl sites for hydroxylation is 2. The maximum Gasteiger partial charge on any atom is 0.0483 e. The van der Waals surface area contributed by atoms with Crippen LogP contribution in [0.3, 0.4) is 0 Å². The lowest BCUT2D eigenvalue weighted by Crippen LogP contribution is -2.18. The molecule has 2 nitrogen and oxygen atoms in total. The molecule has 0 aliphatic heterocycles. The van der Waals surface area contributed by atoms with Crippen molar-refractivity contribution < 1.29 is 0 Å². The highest BCUT2D eigenvalue weighted by Gasteiger charge is 2.25. The Balaban J connectivity index is 2.30. The zero-order valence-electron chi connectivity index (χ0n) is 11.4. The Hall–Kier alpha value is -1.28. The molecule has 1 aliphatic carbocycles. The fourth-order valence-corrected chi connectivity index (χ4v) is 3.45. The summed E-state index contributed by atoms with van der Waals surface area (Å²) in [5.74, 6) is 0.560. The van der Waals surface area contributed by atoms with Crippen molar-refractivity contribution in [1.29, 1.82) is 0 Å². The van der Waals surface area contributed by atoms with Gasteiger partial charge >= 0.3 is 0 Å². The van der Waals surface area contributed by atoms with Crippen molar-refractivity contribution in [1.82, 2.24) is 4.57 Å². The average Bonchev–Trinajstić information content (AvgIpc) is 2.72. The van der Waals surface area contributed by atoms with E-state index in [4.69, 9.17) is 5.73 Å². The number of benzene rings is 1. The van der Waals surface area contributed by atoms with Crippen LogP contribution in [0.4, 0.5) is 0 Å². The minimum Gasteiger partial charge on any atom is -0.347 e. The second kappa shape index (κ2) is 4.43. The number of rotatable bonds is 2. The predicted octanol–water partition coefficient (Wildman–Crippen LogP) is 3.12. The van der Waals surface area contributed by atoms with E-state index in [0.717, 1.165) is 13.0 Å². The molecule has 1 aromatic heterocycles. The molecular formula is C16H22N2. The molecule has 1 aromatic carbocycles. The standard InChI is InChI=1S/C16H22N2/c1-3-11-7-8-14-13(9-11)16-12(10-17)5-4-6-15(16)18(14)2/h7-9,12H,3-6,10,17H2,1-2H3. The summed E-state index contributed by atoms with van der Waals surface area (Å²) >= 11 is 0. The molecule has 1 heterocycles. The summed E-state index contributed by atoms with van der Waals surface area (Å²) in [6, 6.07) is 6.91. The van der Waals surface area contributed by atoms with Gasteiger partial charge in [0.2, 0.25) is 0 Å². The van der Waals surface area contributed by atoms with E-state index in [1.807, 2.05) is 0 Å². The smallest absolute Gasteiger partial charge is 0.0483 e. The Labute approximate surface area is 109 Å². The molecule has 96 valence electrons. The van der Waals surface area contributed by atoms with Gasteiger partial charge in [0.15, 0.2) is 0 Å². The van der Waals surface area contributed by atoms with Gasteiger partial charge in [-0.3, -0.25) is 0 Å². The lowest BCUT2D eigenvalue weighted by Gasteiger charge is -2.22. The Kier molecular flexibility index (Phi) is 2.90. The Morgan fingerprint density at radius 1 is 1.39 bits per heavy atom. The molecule has 0 saturated heterocycles. The van der Waals surface area contributed by atoms with Crippen LogP contribution in [0, 0.1) is 0 Å². The van der Waals surface area contributed by atoms with Crippen molar-refractivity contribution in [2.24, 2.45) is 12.8 Å². The van der Waals surface area contributed by atoms with E-state index in [1.165, 1.54) is 47.0 Å². The molecule has 0 amide bonds. The molecule has 0 fully saturated rings. The van der Waals surface area contributed by atoms with Gasteiger partial charge in [-0.25, -0.2) is 0 Å². The molecule has 0 saturated carbocycles. The summed E-state index contributed by atoms with van der Waals surface area (Å²) in [6.07, 6.45) is 4.84. The van der Waals surface area contributed by atoms with Gasteiger partial charge < -0.3 is 10.3 Å². The summed E-state index contributed by atoms with van der Waals surface area (Å²) in [6.45, 7) is 3.00. The van der Waals surface area contributed by atoms with Gasteiger partial charge in [-0.2, -0.15) is 0 Å². The first-order chi connectivity index (χ1) is 8.76. The van der Waals surface area contributed by atoms with Crippen molar-refractivity contribution in [2.75, 3.05) is 6.54 Å². The van der Waals surface area contributed by atoms with Gasteiger partial charge in [0.05, 0.1) is 0 Å². The minimum absolute atomic E-state index is 0.560. The highest BCUT2D eigenvalue weighted by molar-refractivity contribution is 5.87. The van der Waals surface area contributed by atoms with Gasteiger partial charge in [-0.15, -0.1) is 0 Å². The number of hydrogen-bond acceptors (Lipinski definition) is 1. The molecule has 1 unspecified atom stereocenters. The molecule has 2 heteroatoms. The largest absolute Gasteiger partial charge is 0.347 e. The van der Waals surface area contributed by atoms with Gasteiger partial charge in [0.25, 0.3) is 0 Å². The lowest BCUT2D eigenvalue weighted by molar-refractivity contribution is 0.549. The molecule has 1 aliphatic rings. The first kappa shape index (κ1) is 11.8. The van der Waals surface area contributed by atoms with Crippen LogP contribution < -0.4 is 5.73 Å². The van der Waals surface area contributed by atoms with E-state index in [1.54, 1.807) is 0 Å². The Morgan fingerprint density at radius 3 is 2.94 bits per heavy atom. The van der Waals surface area contributed by atoms with Crippen molar-refractivity contribution in [3.8, 4) is 0 Å². The van der Waals surface area contributed by atoms with E-state index in [0.29, 0.717) is 5.92 Å². The third-order valence-corrected chi connectivity index (χ3v) is 4.50. The summed E-state index contributed by atoms with van der Waals surface area (Å²) < 4.78 is 2.38. The molecule has 2 N–H and O–H groups in total. The summed E-state index contributed by atoms with van der Waals surface area (Å²) in [7, 11) is 2.20. The number of nitrogens with two attached hydrogens (primary N) is 1. The number of hydrogen-bond donors (Lipinski definition) is 1. The number of aromatic nitrogens is 1. The maximum absolute atomic E-state index is 5.98. The quantitative estimate of drug-likeness (QED) is 0.862. The van der Waals surface area contributed by atoms with Crippen molar-refractivity contribution >= 4 is 10.9 Å². The van der Waals surface area contributed by atoms with Crippen LogP contribution in [0.1, 0.15) is 42.5 Å².